The van der Waals surface area contributed by atoms with Crippen LogP contribution in [0.15, 0.2) is 78.0 Å². The predicted molar refractivity (Wildman–Crippen MR) is 103 cm³/mol. The number of anilines is 1. The van der Waals surface area contributed by atoms with E-state index in [1.54, 1.807) is 18.3 Å². The van der Waals surface area contributed by atoms with Crippen LogP contribution in [0.2, 0.25) is 0 Å². The highest BCUT2D eigenvalue weighted by atomic mass is 32.2. The molecule has 4 rings (SSSR count). The van der Waals surface area contributed by atoms with Crippen LogP contribution in [0.3, 0.4) is 0 Å². The summed E-state index contributed by atoms with van der Waals surface area (Å²) in [4.78, 5) is 7.45. The van der Waals surface area contributed by atoms with E-state index >= 15 is 0 Å². The molecule has 0 unspecified atom stereocenters. The quantitative estimate of drug-likeness (QED) is 0.566. The summed E-state index contributed by atoms with van der Waals surface area (Å²) < 4.78 is 27.5. The Balaban J connectivity index is 1.61. The normalized spacial score (nSPS) is 11.2. The Morgan fingerprint density at radius 2 is 1.70 bits per heavy atom. The first kappa shape index (κ1) is 16.8. The van der Waals surface area contributed by atoms with Gasteiger partial charge in [-0.25, -0.2) is 13.4 Å². The summed E-state index contributed by atoms with van der Waals surface area (Å²) in [5.74, 6) is 0. The minimum Gasteiger partial charge on any atom is -0.346 e. The van der Waals surface area contributed by atoms with Crippen LogP contribution in [-0.2, 0) is 10.0 Å². The SMILES string of the molecule is N#Cc1ccc(S(=O)(=O)Nc2ccc(-c3ccnc4[nH]ccc34)cc2)cc1. The Labute approximate surface area is 156 Å². The number of hydrogen-bond acceptors (Lipinski definition) is 4. The van der Waals surface area contributed by atoms with Crippen LogP contribution in [0.5, 0.6) is 0 Å². The number of benzene rings is 2. The van der Waals surface area contributed by atoms with Crippen molar-refractivity contribution in [2.24, 2.45) is 0 Å². The standard InChI is InChI=1S/C20H14N4O2S/c21-13-14-1-7-17(8-2-14)27(25,26)24-16-5-3-15(4-6-16)18-9-11-22-20-19(18)10-12-23-20/h1-12,24H,(H,22,23). The number of nitrogens with one attached hydrogen (secondary N) is 2. The van der Waals surface area contributed by atoms with Gasteiger partial charge in [-0.2, -0.15) is 5.26 Å². The summed E-state index contributed by atoms with van der Waals surface area (Å²) in [6.07, 6.45) is 3.57. The third-order valence-corrected chi connectivity index (χ3v) is 5.60. The van der Waals surface area contributed by atoms with Crippen molar-refractivity contribution in [1.29, 1.82) is 5.26 Å². The molecule has 0 aliphatic carbocycles. The monoisotopic (exact) mass is 374 g/mol. The highest BCUT2D eigenvalue weighted by Crippen LogP contribution is 2.28. The van der Waals surface area contributed by atoms with Crippen LogP contribution in [-0.4, -0.2) is 18.4 Å². The maximum atomic E-state index is 12.5. The average molecular weight is 374 g/mol. The van der Waals surface area contributed by atoms with Crippen molar-refractivity contribution in [2.45, 2.75) is 4.90 Å². The first-order chi connectivity index (χ1) is 13.1. The zero-order valence-electron chi connectivity index (χ0n) is 14.0. The molecule has 2 aromatic heterocycles. The number of aromatic nitrogens is 2. The van der Waals surface area contributed by atoms with E-state index in [0.717, 1.165) is 22.2 Å². The first-order valence-corrected chi connectivity index (χ1v) is 9.61. The van der Waals surface area contributed by atoms with Gasteiger partial charge in [0.2, 0.25) is 0 Å². The molecule has 2 N–H and O–H groups in total. The third kappa shape index (κ3) is 3.26. The van der Waals surface area contributed by atoms with Crippen LogP contribution < -0.4 is 4.72 Å². The zero-order chi connectivity index (χ0) is 18.9. The van der Waals surface area contributed by atoms with E-state index < -0.39 is 10.0 Å². The summed E-state index contributed by atoms with van der Waals surface area (Å²) >= 11 is 0. The van der Waals surface area contributed by atoms with Crippen molar-refractivity contribution in [1.82, 2.24) is 9.97 Å². The van der Waals surface area contributed by atoms with E-state index in [1.165, 1.54) is 24.3 Å². The number of sulfonamides is 1. The number of aromatic amines is 1. The number of H-pyrrole nitrogens is 1. The lowest BCUT2D eigenvalue weighted by Gasteiger charge is -2.09. The van der Waals surface area contributed by atoms with E-state index in [9.17, 15) is 8.42 Å². The van der Waals surface area contributed by atoms with Gasteiger partial charge in [0.15, 0.2) is 0 Å². The Kier molecular flexibility index (Phi) is 4.11. The Hall–Kier alpha value is -3.63. The molecule has 0 aliphatic heterocycles. The van der Waals surface area contributed by atoms with E-state index in [1.807, 2.05) is 36.5 Å². The van der Waals surface area contributed by atoms with Crippen molar-refractivity contribution in [3.63, 3.8) is 0 Å². The van der Waals surface area contributed by atoms with Gasteiger partial charge in [-0.05, 0) is 59.7 Å². The van der Waals surface area contributed by atoms with Gasteiger partial charge in [-0.3, -0.25) is 4.72 Å². The maximum Gasteiger partial charge on any atom is 0.261 e. The van der Waals surface area contributed by atoms with Crippen LogP contribution in [0.1, 0.15) is 5.56 Å². The number of hydrogen-bond donors (Lipinski definition) is 2. The second kappa shape index (κ2) is 6.59. The molecule has 0 fully saturated rings. The van der Waals surface area contributed by atoms with Gasteiger partial charge in [-0.15, -0.1) is 0 Å². The molecule has 0 spiro atoms. The summed E-state index contributed by atoms with van der Waals surface area (Å²) in [6.45, 7) is 0. The molecule has 0 radical (unpaired) electrons. The number of nitrogens with zero attached hydrogens (tertiary/aromatic N) is 2. The van der Waals surface area contributed by atoms with Gasteiger partial charge in [0.05, 0.1) is 16.5 Å². The molecule has 0 amide bonds. The van der Waals surface area contributed by atoms with Gasteiger partial charge >= 0.3 is 0 Å². The highest BCUT2D eigenvalue weighted by Gasteiger charge is 2.14. The first-order valence-electron chi connectivity index (χ1n) is 8.12. The summed E-state index contributed by atoms with van der Waals surface area (Å²) in [5, 5.41) is 9.82. The van der Waals surface area contributed by atoms with Gasteiger partial charge in [-0.1, -0.05) is 12.1 Å². The third-order valence-electron chi connectivity index (χ3n) is 4.20. The fraction of sp³-hybridized carbons (Fsp3) is 0. The molecule has 0 aliphatic rings. The molecular weight excluding hydrogens is 360 g/mol. The van der Waals surface area contributed by atoms with Gasteiger partial charge in [0.1, 0.15) is 5.65 Å². The molecule has 132 valence electrons. The fourth-order valence-corrected chi connectivity index (χ4v) is 3.91. The second-order valence-electron chi connectivity index (χ2n) is 5.92. The Bertz CT molecular complexity index is 1250. The van der Waals surface area contributed by atoms with E-state index in [4.69, 9.17) is 5.26 Å². The van der Waals surface area contributed by atoms with Crippen molar-refractivity contribution in [2.75, 3.05) is 4.72 Å². The molecule has 0 bridgehead atoms. The lowest BCUT2D eigenvalue weighted by atomic mass is 10.0. The molecule has 7 heteroatoms. The predicted octanol–water partition coefficient (Wildman–Crippen LogP) is 3.90. The molecule has 0 atom stereocenters. The molecule has 2 aromatic carbocycles. The van der Waals surface area contributed by atoms with Gasteiger partial charge < -0.3 is 4.98 Å². The number of pyridine rings is 1. The fourth-order valence-electron chi connectivity index (χ4n) is 2.85. The highest BCUT2D eigenvalue weighted by molar-refractivity contribution is 7.92. The van der Waals surface area contributed by atoms with Crippen LogP contribution in [0, 0.1) is 11.3 Å². The van der Waals surface area contributed by atoms with Crippen LogP contribution in [0.4, 0.5) is 5.69 Å². The second-order valence-corrected chi connectivity index (χ2v) is 7.60. The summed E-state index contributed by atoms with van der Waals surface area (Å²) in [7, 11) is -3.72. The van der Waals surface area contributed by atoms with Crippen molar-refractivity contribution in [3.8, 4) is 17.2 Å². The maximum absolute atomic E-state index is 12.5. The Morgan fingerprint density at radius 3 is 2.41 bits per heavy atom. The van der Waals surface area contributed by atoms with E-state index in [0.29, 0.717) is 11.3 Å². The molecule has 0 saturated carbocycles. The van der Waals surface area contributed by atoms with Crippen LogP contribution >= 0.6 is 0 Å². The minimum absolute atomic E-state index is 0.105. The van der Waals surface area contributed by atoms with Gasteiger partial charge in [0.25, 0.3) is 10.0 Å². The molecule has 0 saturated heterocycles. The molecule has 4 aromatic rings. The number of nitriles is 1. The van der Waals surface area contributed by atoms with Crippen molar-refractivity contribution >= 4 is 26.7 Å². The van der Waals surface area contributed by atoms with Crippen LogP contribution in [0.25, 0.3) is 22.2 Å². The topological polar surface area (TPSA) is 98.6 Å². The lowest BCUT2D eigenvalue weighted by Crippen LogP contribution is -2.12. The molecule has 2 heterocycles. The summed E-state index contributed by atoms with van der Waals surface area (Å²) in [6, 6.07) is 18.8. The lowest BCUT2D eigenvalue weighted by molar-refractivity contribution is 0.601. The van der Waals surface area contributed by atoms with Gasteiger partial charge in [0, 0.05) is 23.5 Å². The number of fused-ring (bicyclic) bond motifs is 1. The van der Waals surface area contributed by atoms with Crippen molar-refractivity contribution in [3.05, 3.63) is 78.6 Å². The average Bonchev–Trinajstić information content (AvgIpc) is 3.17. The van der Waals surface area contributed by atoms with Crippen molar-refractivity contribution < 1.29 is 8.42 Å². The minimum atomic E-state index is -3.72. The smallest absolute Gasteiger partial charge is 0.261 e. The molecule has 6 nitrogen and oxygen atoms in total. The summed E-state index contributed by atoms with van der Waals surface area (Å²) in [5.41, 5.74) is 3.65. The molecule has 27 heavy (non-hydrogen) atoms. The Morgan fingerprint density at radius 1 is 0.963 bits per heavy atom. The number of rotatable bonds is 4. The zero-order valence-corrected chi connectivity index (χ0v) is 14.9. The van der Waals surface area contributed by atoms with E-state index in [-0.39, 0.29) is 4.90 Å². The largest absolute Gasteiger partial charge is 0.346 e. The molecular formula is C20H14N4O2S. The van der Waals surface area contributed by atoms with E-state index in [2.05, 4.69) is 14.7 Å².